The summed E-state index contributed by atoms with van der Waals surface area (Å²) in [6.45, 7) is 10.8. The van der Waals surface area contributed by atoms with Crippen LogP contribution in [0.5, 0.6) is 0 Å². The normalized spacial score (nSPS) is 11.4. The van der Waals surface area contributed by atoms with E-state index in [2.05, 4.69) is 12.6 Å². The van der Waals surface area contributed by atoms with Gasteiger partial charge in [-0.15, -0.1) is 0 Å². The first kappa shape index (κ1) is 12.9. The van der Waals surface area contributed by atoms with E-state index in [0.717, 1.165) is 11.1 Å². The molecular formula is C14H20O2. The van der Waals surface area contributed by atoms with E-state index < -0.39 is 5.79 Å². The second kappa shape index (κ2) is 5.83. The largest absolute Gasteiger partial charge is 0.351 e. The second-order valence-electron chi connectivity index (χ2n) is 4.07. The van der Waals surface area contributed by atoms with Crippen LogP contribution >= 0.6 is 0 Å². The SMILES string of the molecule is C=Cc1cccc(COC(C)(C)OCC)c1. The lowest BCUT2D eigenvalue weighted by Gasteiger charge is -2.25. The molecule has 0 aliphatic rings. The minimum atomic E-state index is -0.529. The van der Waals surface area contributed by atoms with E-state index >= 15 is 0 Å². The highest BCUT2D eigenvalue weighted by molar-refractivity contribution is 5.47. The topological polar surface area (TPSA) is 18.5 Å². The molecule has 88 valence electrons. The molecule has 0 aliphatic heterocycles. The summed E-state index contributed by atoms with van der Waals surface area (Å²) in [7, 11) is 0. The van der Waals surface area contributed by atoms with Crippen molar-refractivity contribution in [1.82, 2.24) is 0 Å². The summed E-state index contributed by atoms with van der Waals surface area (Å²) >= 11 is 0. The molecule has 0 radical (unpaired) electrons. The minimum Gasteiger partial charge on any atom is -0.351 e. The van der Waals surface area contributed by atoms with Gasteiger partial charge in [0.25, 0.3) is 0 Å². The summed E-state index contributed by atoms with van der Waals surface area (Å²) in [5.74, 6) is -0.529. The first-order chi connectivity index (χ1) is 7.57. The van der Waals surface area contributed by atoms with Crippen LogP contribution in [0.25, 0.3) is 6.08 Å². The summed E-state index contributed by atoms with van der Waals surface area (Å²) in [5, 5.41) is 0. The lowest BCUT2D eigenvalue weighted by molar-refractivity contribution is -0.217. The van der Waals surface area contributed by atoms with Gasteiger partial charge in [-0.05, 0) is 38.0 Å². The zero-order valence-electron chi connectivity index (χ0n) is 10.3. The predicted octanol–water partition coefficient (Wildman–Crippen LogP) is 3.62. The fraction of sp³-hybridized carbons (Fsp3) is 0.429. The Morgan fingerprint density at radius 2 is 2.06 bits per heavy atom. The van der Waals surface area contributed by atoms with Crippen molar-refractivity contribution >= 4 is 6.08 Å². The van der Waals surface area contributed by atoms with Crippen LogP contribution in [0.3, 0.4) is 0 Å². The van der Waals surface area contributed by atoms with Gasteiger partial charge in [0, 0.05) is 6.61 Å². The van der Waals surface area contributed by atoms with E-state index in [-0.39, 0.29) is 0 Å². The molecule has 0 spiro atoms. The van der Waals surface area contributed by atoms with Crippen LogP contribution in [0.1, 0.15) is 31.9 Å². The summed E-state index contributed by atoms with van der Waals surface area (Å²) in [5.41, 5.74) is 2.24. The Hall–Kier alpha value is -1.12. The van der Waals surface area contributed by atoms with Crippen LogP contribution in [0, 0.1) is 0 Å². The predicted molar refractivity (Wildman–Crippen MR) is 67.0 cm³/mol. The monoisotopic (exact) mass is 220 g/mol. The van der Waals surface area contributed by atoms with Gasteiger partial charge in [-0.1, -0.05) is 30.9 Å². The van der Waals surface area contributed by atoms with Gasteiger partial charge < -0.3 is 9.47 Å². The lowest BCUT2D eigenvalue weighted by atomic mass is 10.1. The van der Waals surface area contributed by atoms with Crippen LogP contribution in [-0.4, -0.2) is 12.4 Å². The molecule has 1 aromatic rings. The molecular weight excluding hydrogens is 200 g/mol. The molecule has 1 rings (SSSR count). The highest BCUT2D eigenvalue weighted by atomic mass is 16.7. The van der Waals surface area contributed by atoms with Gasteiger partial charge in [0.2, 0.25) is 0 Å². The van der Waals surface area contributed by atoms with Gasteiger partial charge in [-0.2, -0.15) is 0 Å². The maximum absolute atomic E-state index is 5.70. The molecule has 0 atom stereocenters. The summed E-state index contributed by atoms with van der Waals surface area (Å²) in [6, 6.07) is 8.12. The van der Waals surface area contributed by atoms with Crippen LogP contribution in [-0.2, 0) is 16.1 Å². The van der Waals surface area contributed by atoms with Gasteiger partial charge in [0.15, 0.2) is 5.79 Å². The zero-order chi connectivity index (χ0) is 12.0. The van der Waals surface area contributed by atoms with Crippen molar-refractivity contribution in [2.24, 2.45) is 0 Å². The molecule has 0 bridgehead atoms. The van der Waals surface area contributed by atoms with Crippen LogP contribution in [0.2, 0.25) is 0 Å². The van der Waals surface area contributed by atoms with Crippen LogP contribution < -0.4 is 0 Å². The molecule has 0 heterocycles. The van der Waals surface area contributed by atoms with Gasteiger partial charge >= 0.3 is 0 Å². The zero-order valence-corrected chi connectivity index (χ0v) is 10.3. The average molecular weight is 220 g/mol. The Kier molecular flexibility index (Phi) is 4.71. The highest BCUT2D eigenvalue weighted by Crippen LogP contribution is 2.15. The van der Waals surface area contributed by atoms with Crippen molar-refractivity contribution in [3.05, 3.63) is 42.0 Å². The maximum atomic E-state index is 5.70. The Morgan fingerprint density at radius 1 is 1.31 bits per heavy atom. The Labute approximate surface area is 97.9 Å². The van der Waals surface area contributed by atoms with E-state index in [1.165, 1.54) is 0 Å². The number of rotatable bonds is 6. The molecule has 0 saturated heterocycles. The van der Waals surface area contributed by atoms with Crippen molar-refractivity contribution in [2.75, 3.05) is 6.61 Å². The summed E-state index contributed by atoms with van der Waals surface area (Å²) in [6.07, 6.45) is 1.83. The minimum absolute atomic E-state index is 0.529. The molecule has 0 unspecified atom stereocenters. The molecule has 1 aromatic carbocycles. The molecule has 0 aromatic heterocycles. The average Bonchev–Trinajstić information content (AvgIpc) is 2.27. The third-order valence-electron chi connectivity index (χ3n) is 2.27. The van der Waals surface area contributed by atoms with E-state index in [1.807, 2.05) is 45.0 Å². The lowest BCUT2D eigenvalue weighted by Crippen LogP contribution is -2.28. The van der Waals surface area contributed by atoms with Crippen LogP contribution in [0.15, 0.2) is 30.8 Å². The molecule has 0 fully saturated rings. The van der Waals surface area contributed by atoms with E-state index in [1.54, 1.807) is 0 Å². The molecule has 0 aliphatic carbocycles. The summed E-state index contributed by atoms with van der Waals surface area (Å²) < 4.78 is 11.2. The smallest absolute Gasteiger partial charge is 0.163 e. The Balaban J connectivity index is 2.57. The fourth-order valence-electron chi connectivity index (χ4n) is 1.46. The van der Waals surface area contributed by atoms with Crippen LogP contribution in [0.4, 0.5) is 0 Å². The molecule has 0 saturated carbocycles. The number of benzene rings is 1. The van der Waals surface area contributed by atoms with Gasteiger partial charge in [0.05, 0.1) is 6.61 Å². The van der Waals surface area contributed by atoms with Crippen molar-refractivity contribution in [1.29, 1.82) is 0 Å². The number of ether oxygens (including phenoxy) is 2. The molecule has 16 heavy (non-hydrogen) atoms. The van der Waals surface area contributed by atoms with E-state index in [9.17, 15) is 0 Å². The molecule has 0 amide bonds. The van der Waals surface area contributed by atoms with E-state index in [4.69, 9.17) is 9.47 Å². The Morgan fingerprint density at radius 3 is 2.69 bits per heavy atom. The van der Waals surface area contributed by atoms with Crippen molar-refractivity contribution in [2.45, 2.75) is 33.2 Å². The van der Waals surface area contributed by atoms with Crippen molar-refractivity contribution in [3.8, 4) is 0 Å². The van der Waals surface area contributed by atoms with Crippen molar-refractivity contribution < 1.29 is 9.47 Å². The fourth-order valence-corrected chi connectivity index (χ4v) is 1.46. The highest BCUT2D eigenvalue weighted by Gasteiger charge is 2.17. The van der Waals surface area contributed by atoms with Gasteiger partial charge in [-0.25, -0.2) is 0 Å². The molecule has 2 heteroatoms. The number of hydrogen-bond donors (Lipinski definition) is 0. The third kappa shape index (κ3) is 4.17. The second-order valence-corrected chi connectivity index (χ2v) is 4.07. The third-order valence-corrected chi connectivity index (χ3v) is 2.27. The first-order valence-corrected chi connectivity index (χ1v) is 5.56. The maximum Gasteiger partial charge on any atom is 0.163 e. The quantitative estimate of drug-likeness (QED) is 0.682. The molecule has 0 N–H and O–H groups in total. The number of hydrogen-bond acceptors (Lipinski definition) is 2. The van der Waals surface area contributed by atoms with Gasteiger partial charge in [0.1, 0.15) is 0 Å². The Bertz CT molecular complexity index is 342. The van der Waals surface area contributed by atoms with E-state index in [0.29, 0.717) is 13.2 Å². The van der Waals surface area contributed by atoms with Gasteiger partial charge in [-0.3, -0.25) is 0 Å². The molecule has 2 nitrogen and oxygen atoms in total. The summed E-state index contributed by atoms with van der Waals surface area (Å²) in [4.78, 5) is 0. The standard InChI is InChI=1S/C14H20O2/c1-5-12-8-7-9-13(10-12)11-16-14(3,4)15-6-2/h5,7-10H,1,6,11H2,2-4H3. The first-order valence-electron chi connectivity index (χ1n) is 5.56. The van der Waals surface area contributed by atoms with Crippen molar-refractivity contribution in [3.63, 3.8) is 0 Å².